The van der Waals surface area contributed by atoms with Crippen molar-refractivity contribution in [1.82, 2.24) is 5.32 Å². The van der Waals surface area contributed by atoms with Gasteiger partial charge >= 0.3 is 0 Å². The molecule has 1 amide bonds. The van der Waals surface area contributed by atoms with E-state index in [9.17, 15) is 4.79 Å². The van der Waals surface area contributed by atoms with Gasteiger partial charge in [-0.2, -0.15) is 0 Å². The molecule has 0 unspecified atom stereocenters. The maximum atomic E-state index is 12.2. The zero-order valence-corrected chi connectivity index (χ0v) is 21.8. The topological polar surface area (TPSA) is 56.8 Å². The molecule has 0 heterocycles. The first-order chi connectivity index (χ1) is 16.2. The molecule has 0 bridgehead atoms. The molecule has 0 saturated carbocycles. The van der Waals surface area contributed by atoms with Gasteiger partial charge in [0.2, 0.25) is 11.7 Å². The van der Waals surface area contributed by atoms with E-state index in [4.69, 9.17) is 14.2 Å². The average Bonchev–Trinajstić information content (AvgIpc) is 2.84. The number of carbonyl (C=O) groups is 1. The quantitative estimate of drug-likeness (QED) is 0.191. The van der Waals surface area contributed by atoms with Crippen LogP contribution in [0.3, 0.4) is 0 Å². The Morgan fingerprint density at radius 2 is 1.09 bits per heavy atom. The van der Waals surface area contributed by atoms with Gasteiger partial charge in [-0.25, -0.2) is 0 Å². The summed E-state index contributed by atoms with van der Waals surface area (Å²) in [7, 11) is 4.77. The molecule has 0 aromatic heterocycles. The zero-order chi connectivity index (χ0) is 24.2. The van der Waals surface area contributed by atoms with Crippen LogP contribution in [0.15, 0.2) is 12.1 Å². The predicted molar refractivity (Wildman–Crippen MR) is 137 cm³/mol. The second-order valence-electron chi connectivity index (χ2n) is 9.01. The number of benzene rings is 1. The minimum Gasteiger partial charge on any atom is -0.493 e. The number of hydrogen-bond donors (Lipinski definition) is 1. The summed E-state index contributed by atoms with van der Waals surface area (Å²) in [6.45, 7) is 2.73. The standard InChI is InChI=1S/C28H49NO4/c1-5-6-7-8-9-10-11-12-13-14-15-16-17-18-19-20-27(30)29-23-24-21-25(31-2)28(33-4)26(22-24)32-3/h21-22H,5-20,23H2,1-4H3,(H,29,30). The Hall–Kier alpha value is -1.91. The summed E-state index contributed by atoms with van der Waals surface area (Å²) in [5.74, 6) is 1.86. The van der Waals surface area contributed by atoms with E-state index in [2.05, 4.69) is 12.2 Å². The van der Waals surface area contributed by atoms with Gasteiger partial charge in [0.15, 0.2) is 11.5 Å². The first-order valence-electron chi connectivity index (χ1n) is 13.2. The summed E-state index contributed by atoms with van der Waals surface area (Å²) in [4.78, 5) is 12.2. The van der Waals surface area contributed by atoms with E-state index < -0.39 is 0 Å². The Morgan fingerprint density at radius 3 is 1.48 bits per heavy atom. The zero-order valence-electron chi connectivity index (χ0n) is 21.8. The van der Waals surface area contributed by atoms with Crippen LogP contribution in [0.1, 0.15) is 115 Å². The van der Waals surface area contributed by atoms with Gasteiger partial charge < -0.3 is 19.5 Å². The SMILES string of the molecule is CCCCCCCCCCCCCCCCCC(=O)NCc1cc(OC)c(OC)c(OC)c1. The first kappa shape index (κ1) is 29.1. The van der Waals surface area contributed by atoms with Gasteiger partial charge in [-0.15, -0.1) is 0 Å². The molecule has 0 atom stereocenters. The van der Waals surface area contributed by atoms with Crippen LogP contribution in [0.25, 0.3) is 0 Å². The molecule has 0 aliphatic carbocycles. The molecule has 5 nitrogen and oxygen atoms in total. The fourth-order valence-corrected chi connectivity index (χ4v) is 4.18. The Kier molecular flexibility index (Phi) is 17.3. The van der Waals surface area contributed by atoms with E-state index in [0.29, 0.717) is 30.2 Å². The van der Waals surface area contributed by atoms with Crippen LogP contribution in [0.4, 0.5) is 0 Å². The fraction of sp³-hybridized carbons (Fsp3) is 0.750. The number of nitrogens with one attached hydrogen (secondary N) is 1. The molecule has 0 aliphatic heterocycles. The van der Waals surface area contributed by atoms with Gasteiger partial charge in [0.25, 0.3) is 0 Å². The van der Waals surface area contributed by atoms with Crippen LogP contribution in [-0.4, -0.2) is 27.2 Å². The Bertz CT molecular complexity index is 607. The van der Waals surface area contributed by atoms with Crippen molar-refractivity contribution in [2.75, 3.05) is 21.3 Å². The van der Waals surface area contributed by atoms with Crippen molar-refractivity contribution in [3.05, 3.63) is 17.7 Å². The minimum absolute atomic E-state index is 0.0958. The molecule has 1 aromatic carbocycles. The van der Waals surface area contributed by atoms with Crippen molar-refractivity contribution in [3.8, 4) is 17.2 Å². The molecule has 0 saturated heterocycles. The molecule has 1 rings (SSSR count). The van der Waals surface area contributed by atoms with Gasteiger partial charge in [-0.05, 0) is 24.1 Å². The van der Waals surface area contributed by atoms with E-state index in [0.717, 1.165) is 18.4 Å². The number of unbranched alkanes of at least 4 members (excludes halogenated alkanes) is 14. The van der Waals surface area contributed by atoms with Crippen molar-refractivity contribution in [1.29, 1.82) is 0 Å². The summed E-state index contributed by atoms with van der Waals surface area (Å²) in [6, 6.07) is 3.74. The van der Waals surface area contributed by atoms with Crippen LogP contribution in [0.5, 0.6) is 17.2 Å². The Morgan fingerprint density at radius 1 is 0.667 bits per heavy atom. The maximum absolute atomic E-state index is 12.2. The van der Waals surface area contributed by atoms with E-state index >= 15 is 0 Å². The third-order valence-corrected chi connectivity index (χ3v) is 6.22. The number of hydrogen-bond acceptors (Lipinski definition) is 4. The van der Waals surface area contributed by atoms with Crippen LogP contribution < -0.4 is 19.5 Å². The smallest absolute Gasteiger partial charge is 0.220 e. The van der Waals surface area contributed by atoms with Crippen molar-refractivity contribution < 1.29 is 19.0 Å². The van der Waals surface area contributed by atoms with Crippen molar-refractivity contribution in [2.24, 2.45) is 0 Å². The lowest BCUT2D eigenvalue weighted by Gasteiger charge is -2.14. The van der Waals surface area contributed by atoms with Crippen LogP contribution in [0.2, 0.25) is 0 Å². The van der Waals surface area contributed by atoms with Crippen LogP contribution >= 0.6 is 0 Å². The van der Waals surface area contributed by atoms with Gasteiger partial charge in [-0.3, -0.25) is 4.79 Å². The van der Waals surface area contributed by atoms with Gasteiger partial charge in [0, 0.05) is 13.0 Å². The van der Waals surface area contributed by atoms with Crippen LogP contribution in [0, 0.1) is 0 Å². The highest BCUT2D eigenvalue weighted by Gasteiger charge is 2.13. The number of methoxy groups -OCH3 is 3. The second-order valence-corrected chi connectivity index (χ2v) is 9.01. The summed E-state index contributed by atoms with van der Waals surface area (Å²) >= 11 is 0. The molecule has 0 aliphatic rings. The lowest BCUT2D eigenvalue weighted by Crippen LogP contribution is -2.22. The monoisotopic (exact) mass is 463 g/mol. The number of rotatable bonds is 21. The van der Waals surface area contributed by atoms with E-state index in [1.807, 2.05) is 12.1 Å². The lowest BCUT2D eigenvalue weighted by atomic mass is 10.0. The highest BCUT2D eigenvalue weighted by Crippen LogP contribution is 2.38. The summed E-state index contributed by atoms with van der Waals surface area (Å²) in [5.41, 5.74) is 0.925. The van der Waals surface area contributed by atoms with Gasteiger partial charge in [-0.1, -0.05) is 96.8 Å². The number of carbonyl (C=O) groups excluding carboxylic acids is 1. The Balaban J connectivity index is 2.02. The normalized spacial score (nSPS) is 10.8. The van der Waals surface area contributed by atoms with Crippen molar-refractivity contribution in [2.45, 2.75) is 116 Å². The second kappa shape index (κ2) is 19.5. The Labute approximate surface area is 203 Å². The summed E-state index contributed by atoms with van der Waals surface area (Å²) in [6.07, 6.45) is 20.6. The number of amides is 1. The highest BCUT2D eigenvalue weighted by atomic mass is 16.5. The maximum Gasteiger partial charge on any atom is 0.220 e. The molecule has 5 heteroatoms. The van der Waals surface area contributed by atoms with Crippen molar-refractivity contribution in [3.63, 3.8) is 0 Å². The summed E-state index contributed by atoms with van der Waals surface area (Å²) in [5, 5.41) is 3.00. The highest BCUT2D eigenvalue weighted by molar-refractivity contribution is 5.75. The van der Waals surface area contributed by atoms with E-state index in [1.54, 1.807) is 21.3 Å². The minimum atomic E-state index is 0.0958. The molecular weight excluding hydrogens is 414 g/mol. The summed E-state index contributed by atoms with van der Waals surface area (Å²) < 4.78 is 16.1. The van der Waals surface area contributed by atoms with Crippen molar-refractivity contribution >= 4 is 5.91 Å². The van der Waals surface area contributed by atoms with Gasteiger partial charge in [0.1, 0.15) is 0 Å². The third-order valence-electron chi connectivity index (χ3n) is 6.22. The molecule has 0 fully saturated rings. The molecule has 190 valence electrons. The number of ether oxygens (including phenoxy) is 3. The molecule has 1 aromatic rings. The third kappa shape index (κ3) is 13.4. The van der Waals surface area contributed by atoms with E-state index in [1.165, 1.54) is 83.5 Å². The van der Waals surface area contributed by atoms with Gasteiger partial charge in [0.05, 0.1) is 21.3 Å². The van der Waals surface area contributed by atoms with Crippen LogP contribution in [-0.2, 0) is 11.3 Å². The first-order valence-corrected chi connectivity index (χ1v) is 13.2. The average molecular weight is 464 g/mol. The predicted octanol–water partition coefficient (Wildman–Crippen LogP) is 7.59. The fourth-order valence-electron chi connectivity index (χ4n) is 4.18. The molecule has 0 radical (unpaired) electrons. The molecule has 1 N–H and O–H groups in total. The van der Waals surface area contributed by atoms with E-state index in [-0.39, 0.29) is 5.91 Å². The molecule has 0 spiro atoms. The lowest BCUT2D eigenvalue weighted by molar-refractivity contribution is -0.121. The molecular formula is C28H49NO4. The molecule has 33 heavy (non-hydrogen) atoms. The largest absolute Gasteiger partial charge is 0.493 e.